The van der Waals surface area contributed by atoms with Crippen molar-refractivity contribution in [3.8, 4) is 0 Å². The van der Waals surface area contributed by atoms with Crippen LogP contribution < -0.4 is 0 Å². The zero-order chi connectivity index (χ0) is 22.6. The highest BCUT2D eigenvalue weighted by Gasteiger charge is 2.61. The largest absolute Gasteiger partial charge is 0.481 e. The van der Waals surface area contributed by atoms with Gasteiger partial charge >= 0.3 is 5.97 Å². The van der Waals surface area contributed by atoms with E-state index in [0.717, 1.165) is 32.1 Å². The average Bonchev–Trinajstić information content (AvgIpc) is 3.06. The Morgan fingerprint density at radius 3 is 2.58 bits per heavy atom. The van der Waals surface area contributed by atoms with Crippen molar-refractivity contribution in [1.82, 2.24) is 0 Å². The van der Waals surface area contributed by atoms with Crippen molar-refractivity contribution in [3.05, 3.63) is 11.6 Å². The topological polar surface area (TPSA) is 74.6 Å². The Hall–Kier alpha value is -1.16. The van der Waals surface area contributed by atoms with Gasteiger partial charge in [0.25, 0.3) is 0 Å². The van der Waals surface area contributed by atoms with Crippen LogP contribution in [0.3, 0.4) is 0 Å². The lowest BCUT2D eigenvalue weighted by atomic mass is 9.46. The van der Waals surface area contributed by atoms with Crippen molar-refractivity contribution >= 4 is 11.8 Å². The van der Waals surface area contributed by atoms with Crippen LogP contribution in [-0.4, -0.2) is 28.1 Å². The van der Waals surface area contributed by atoms with Gasteiger partial charge in [-0.1, -0.05) is 52.2 Å². The third-order valence-corrected chi connectivity index (χ3v) is 10.4. The van der Waals surface area contributed by atoms with E-state index in [1.54, 1.807) is 0 Å². The fourth-order valence-corrected chi connectivity index (χ4v) is 8.51. The molecule has 0 aromatic rings. The molecule has 0 heterocycles. The smallest absolute Gasteiger partial charge is 0.306 e. The van der Waals surface area contributed by atoms with Crippen molar-refractivity contribution < 1.29 is 19.8 Å². The number of fused-ring (bicyclic) bond motifs is 5. The molecule has 0 unspecified atom stereocenters. The van der Waals surface area contributed by atoms with Crippen LogP contribution in [0.4, 0.5) is 0 Å². The number of hydrogen-bond acceptors (Lipinski definition) is 3. The maximum atomic E-state index is 12.1. The van der Waals surface area contributed by atoms with Crippen LogP contribution >= 0.6 is 0 Å². The number of carboxylic acids is 1. The quantitative estimate of drug-likeness (QED) is 0.535. The number of carboxylic acid groups (broad SMARTS) is 1. The summed E-state index contributed by atoms with van der Waals surface area (Å²) < 4.78 is 0. The first-order valence-corrected chi connectivity index (χ1v) is 12.7. The lowest BCUT2D eigenvalue weighted by Crippen LogP contribution is -2.54. The SMILES string of the molecule is C[C@H](CCC[C@@H](C)[C@H]1CC[C@H]2[C@@H]3[C@H](O)C=C4CC(=O)CC[C@]4(C)[C@H]3CC[C@]12C)C(=O)O. The fraction of sp³-hybridized carbons (Fsp3) is 0.852. The number of aliphatic carboxylic acids is 1. The molecule has 0 saturated heterocycles. The van der Waals surface area contributed by atoms with Gasteiger partial charge < -0.3 is 10.2 Å². The average molecular weight is 431 g/mol. The van der Waals surface area contributed by atoms with Crippen molar-refractivity contribution in [1.29, 1.82) is 0 Å². The Morgan fingerprint density at radius 1 is 1.13 bits per heavy atom. The summed E-state index contributed by atoms with van der Waals surface area (Å²) in [4.78, 5) is 23.2. The van der Waals surface area contributed by atoms with Gasteiger partial charge in [-0.2, -0.15) is 0 Å². The highest BCUT2D eigenvalue weighted by Crippen LogP contribution is 2.67. The number of allylic oxidation sites excluding steroid dienone is 1. The summed E-state index contributed by atoms with van der Waals surface area (Å²) in [6.07, 6.45) is 11.5. The standard InChI is InChI=1S/C27H42O4/c1-16(6-5-7-17(2)25(30)31)20-8-9-21-24-22(11-13-27(20,21)4)26(3)12-10-19(28)14-18(26)15-23(24)29/h15-17,20-24,29H,5-14H2,1-4H3,(H,30,31)/t16-,17-,20-,21+,22+,23-,24+,26+,27-/m1/s1. The second kappa shape index (κ2) is 8.32. The van der Waals surface area contributed by atoms with E-state index in [2.05, 4.69) is 26.8 Å². The molecule has 0 aliphatic heterocycles. The zero-order valence-corrected chi connectivity index (χ0v) is 19.9. The van der Waals surface area contributed by atoms with E-state index in [1.165, 1.54) is 24.8 Å². The lowest BCUT2D eigenvalue weighted by Gasteiger charge is -2.59. The summed E-state index contributed by atoms with van der Waals surface area (Å²) in [7, 11) is 0. The number of aliphatic hydroxyl groups is 1. The van der Waals surface area contributed by atoms with Gasteiger partial charge in [0.2, 0.25) is 0 Å². The normalized spacial score (nSPS) is 44.0. The Labute approximate surface area is 187 Å². The summed E-state index contributed by atoms with van der Waals surface area (Å²) in [6, 6.07) is 0. The number of rotatable bonds is 6. The molecule has 4 aliphatic carbocycles. The molecule has 0 radical (unpaired) electrons. The third-order valence-electron chi connectivity index (χ3n) is 10.4. The molecule has 4 heteroatoms. The van der Waals surface area contributed by atoms with E-state index in [9.17, 15) is 14.7 Å². The van der Waals surface area contributed by atoms with E-state index in [1.807, 2.05) is 6.92 Å². The molecule has 174 valence electrons. The van der Waals surface area contributed by atoms with Crippen LogP contribution in [0.1, 0.15) is 91.9 Å². The van der Waals surface area contributed by atoms with Crippen LogP contribution in [-0.2, 0) is 9.59 Å². The minimum Gasteiger partial charge on any atom is -0.481 e. The number of aliphatic hydroxyl groups excluding tert-OH is 1. The van der Waals surface area contributed by atoms with Crippen LogP contribution in [0.25, 0.3) is 0 Å². The minimum atomic E-state index is -0.685. The Bertz CT molecular complexity index is 756. The molecule has 31 heavy (non-hydrogen) atoms. The monoisotopic (exact) mass is 430 g/mol. The third kappa shape index (κ3) is 3.81. The minimum absolute atomic E-state index is 0.0931. The van der Waals surface area contributed by atoms with Gasteiger partial charge in [0.1, 0.15) is 5.78 Å². The Balaban J connectivity index is 1.49. The summed E-state index contributed by atoms with van der Waals surface area (Å²) in [6.45, 7) is 9.04. The predicted molar refractivity (Wildman–Crippen MR) is 121 cm³/mol. The highest BCUT2D eigenvalue weighted by molar-refractivity contribution is 5.82. The zero-order valence-electron chi connectivity index (χ0n) is 19.9. The molecule has 4 aliphatic rings. The van der Waals surface area contributed by atoms with Crippen LogP contribution in [0.2, 0.25) is 0 Å². The molecule has 0 aromatic carbocycles. The van der Waals surface area contributed by atoms with Crippen molar-refractivity contribution in [2.45, 2.75) is 98.0 Å². The first-order valence-electron chi connectivity index (χ1n) is 12.7. The number of carbonyl (C=O) groups excluding carboxylic acids is 1. The maximum absolute atomic E-state index is 12.1. The molecule has 3 saturated carbocycles. The van der Waals surface area contributed by atoms with Gasteiger partial charge in [0.15, 0.2) is 0 Å². The maximum Gasteiger partial charge on any atom is 0.306 e. The highest BCUT2D eigenvalue weighted by atomic mass is 16.4. The van der Waals surface area contributed by atoms with Gasteiger partial charge in [0.05, 0.1) is 12.0 Å². The summed E-state index contributed by atoms with van der Waals surface area (Å²) in [5.41, 5.74) is 1.58. The van der Waals surface area contributed by atoms with Crippen LogP contribution in [0.15, 0.2) is 11.6 Å². The predicted octanol–water partition coefficient (Wildman–Crippen LogP) is 5.63. The van der Waals surface area contributed by atoms with E-state index in [-0.39, 0.29) is 16.7 Å². The molecular formula is C27H42O4. The second-order valence-corrected chi connectivity index (χ2v) is 12.0. The Morgan fingerprint density at radius 2 is 1.87 bits per heavy atom. The molecule has 4 rings (SSSR count). The molecule has 0 spiro atoms. The first kappa shape index (κ1) is 23.0. The van der Waals surface area contributed by atoms with E-state index >= 15 is 0 Å². The molecular weight excluding hydrogens is 388 g/mol. The second-order valence-electron chi connectivity index (χ2n) is 12.0. The number of carbonyl (C=O) groups is 2. The van der Waals surface area contributed by atoms with E-state index < -0.39 is 12.1 Å². The molecule has 3 fully saturated rings. The van der Waals surface area contributed by atoms with E-state index in [4.69, 9.17) is 5.11 Å². The molecule has 0 bridgehead atoms. The summed E-state index contributed by atoms with van der Waals surface area (Å²) in [5.74, 6) is 2.04. The fourth-order valence-electron chi connectivity index (χ4n) is 8.51. The van der Waals surface area contributed by atoms with Gasteiger partial charge in [-0.05, 0) is 78.9 Å². The van der Waals surface area contributed by atoms with Crippen molar-refractivity contribution in [2.24, 2.45) is 46.3 Å². The first-order chi connectivity index (χ1) is 14.6. The summed E-state index contributed by atoms with van der Waals surface area (Å²) in [5, 5.41) is 20.4. The van der Waals surface area contributed by atoms with E-state index in [0.29, 0.717) is 48.2 Å². The summed E-state index contributed by atoms with van der Waals surface area (Å²) >= 11 is 0. The number of Topliss-reactive ketones (excluding diaryl/α,β-unsaturated/α-hetero) is 1. The lowest BCUT2D eigenvalue weighted by molar-refractivity contribution is -0.141. The number of hydrogen-bond donors (Lipinski definition) is 2. The molecule has 4 nitrogen and oxygen atoms in total. The van der Waals surface area contributed by atoms with Gasteiger partial charge in [0, 0.05) is 12.8 Å². The Kier molecular flexibility index (Phi) is 6.17. The van der Waals surface area contributed by atoms with Gasteiger partial charge in [-0.25, -0.2) is 0 Å². The van der Waals surface area contributed by atoms with Gasteiger partial charge in [-0.3, -0.25) is 9.59 Å². The van der Waals surface area contributed by atoms with Crippen molar-refractivity contribution in [2.75, 3.05) is 0 Å². The van der Waals surface area contributed by atoms with Crippen LogP contribution in [0.5, 0.6) is 0 Å². The van der Waals surface area contributed by atoms with Crippen molar-refractivity contribution in [3.63, 3.8) is 0 Å². The number of ketones is 1. The van der Waals surface area contributed by atoms with Crippen LogP contribution in [0, 0.1) is 46.3 Å². The molecule has 0 aromatic heterocycles. The molecule has 2 N–H and O–H groups in total. The van der Waals surface area contributed by atoms with Gasteiger partial charge in [-0.15, -0.1) is 0 Å². The molecule has 0 amide bonds. The molecule has 9 atom stereocenters.